The molecule has 6 aromatic carbocycles. The average molecular weight is 611 g/mol. The van der Waals surface area contributed by atoms with Crippen molar-refractivity contribution in [1.29, 1.82) is 0 Å². The molecule has 1 aliphatic carbocycles. The number of allylic oxidation sites excluding steroid dienone is 1. The van der Waals surface area contributed by atoms with Gasteiger partial charge in [0.05, 0.1) is 38.1 Å². The second-order valence-corrected chi connectivity index (χ2v) is 12.8. The van der Waals surface area contributed by atoms with Crippen molar-refractivity contribution in [2.75, 3.05) is 4.90 Å². The molecule has 8 rings (SSSR count). The van der Waals surface area contributed by atoms with Gasteiger partial charge >= 0.3 is 0 Å². The molecule has 0 amide bonds. The highest BCUT2D eigenvalue weighted by Crippen LogP contribution is 2.54. The molecular formula is C39H25Cl2NO2. The summed E-state index contributed by atoms with van der Waals surface area (Å²) in [7, 11) is 0. The summed E-state index contributed by atoms with van der Waals surface area (Å²) in [5.41, 5.74) is 6.74. The van der Waals surface area contributed by atoms with Crippen LogP contribution < -0.4 is 4.90 Å². The van der Waals surface area contributed by atoms with Crippen molar-refractivity contribution in [3.8, 4) is 0 Å². The van der Waals surface area contributed by atoms with Crippen molar-refractivity contribution in [2.24, 2.45) is 0 Å². The highest BCUT2D eigenvalue weighted by Gasteiger charge is 2.39. The molecule has 0 atom stereocenters. The Morgan fingerprint density at radius 2 is 1.27 bits per heavy atom. The van der Waals surface area contributed by atoms with Crippen LogP contribution in [-0.4, -0.2) is 11.6 Å². The van der Waals surface area contributed by atoms with Gasteiger partial charge in [0.2, 0.25) is 0 Å². The molecule has 2 aliphatic rings. The van der Waals surface area contributed by atoms with E-state index in [1.807, 2.05) is 18.2 Å². The van der Waals surface area contributed by atoms with Crippen molar-refractivity contribution in [3.63, 3.8) is 0 Å². The van der Waals surface area contributed by atoms with Crippen LogP contribution in [0.2, 0.25) is 10.0 Å². The van der Waals surface area contributed by atoms with E-state index in [4.69, 9.17) is 23.2 Å². The van der Waals surface area contributed by atoms with Crippen LogP contribution in [0.25, 0.3) is 27.6 Å². The summed E-state index contributed by atoms with van der Waals surface area (Å²) in [5, 5.41) is 5.01. The number of benzene rings is 6. The quantitative estimate of drug-likeness (QED) is 0.145. The van der Waals surface area contributed by atoms with E-state index in [0.29, 0.717) is 0 Å². The molecule has 0 radical (unpaired) electrons. The van der Waals surface area contributed by atoms with Crippen LogP contribution in [0.15, 0.2) is 115 Å². The van der Waals surface area contributed by atoms with Gasteiger partial charge in [0.25, 0.3) is 0 Å². The molecule has 44 heavy (non-hydrogen) atoms. The Morgan fingerprint density at radius 3 is 1.95 bits per heavy atom. The number of para-hydroxylation sites is 1. The molecular weight excluding hydrogens is 585 g/mol. The summed E-state index contributed by atoms with van der Waals surface area (Å²) in [6.07, 6.45) is 1.65. The van der Waals surface area contributed by atoms with Gasteiger partial charge in [0, 0.05) is 11.1 Å². The molecule has 0 unspecified atom stereocenters. The first kappa shape index (κ1) is 26.9. The third-order valence-electron chi connectivity index (χ3n) is 9.04. The molecule has 6 aromatic rings. The maximum atomic E-state index is 13.3. The van der Waals surface area contributed by atoms with Gasteiger partial charge in [-0.2, -0.15) is 0 Å². The Kier molecular flexibility index (Phi) is 5.90. The standard InChI is InChI=1S/C39H25Cl2NO2/c1-39(2)29-20-23-8-6-7-9-24(23)21-33(29)42(26-10-4-3-5-11-26)32-17-13-25-18-22(12-14-27(25)36(32)39)19-28-37(43)34-30(40)15-16-31(41)35(34)38(28)44/h3-21H,1-2H3. The lowest BCUT2D eigenvalue weighted by Crippen LogP contribution is -2.31. The molecule has 3 nitrogen and oxygen atoms in total. The van der Waals surface area contributed by atoms with Gasteiger partial charge in [0.15, 0.2) is 11.6 Å². The number of ketones is 2. The summed E-state index contributed by atoms with van der Waals surface area (Å²) >= 11 is 12.6. The number of halogens is 2. The normalized spacial score (nSPS) is 15.0. The fourth-order valence-corrected chi connectivity index (χ4v) is 7.46. The second kappa shape index (κ2) is 9.65. The van der Waals surface area contributed by atoms with Crippen molar-refractivity contribution >= 4 is 79.5 Å². The SMILES string of the molecule is CC1(C)c2cc3ccccc3cc2N(c2ccccc2)c2ccc3cc(C=C4C(=O)c5c(Cl)ccc(Cl)c5C4=O)ccc3c21. The highest BCUT2D eigenvalue weighted by molar-refractivity contribution is 6.49. The van der Waals surface area contributed by atoms with Crippen LogP contribution in [0.4, 0.5) is 17.1 Å². The Morgan fingerprint density at radius 1 is 0.636 bits per heavy atom. The van der Waals surface area contributed by atoms with Gasteiger partial charge < -0.3 is 4.90 Å². The lowest BCUT2D eigenvalue weighted by atomic mass is 9.71. The highest BCUT2D eigenvalue weighted by atomic mass is 35.5. The number of carbonyl (C=O) groups is 2. The number of nitrogens with zero attached hydrogens (tertiary/aromatic N) is 1. The summed E-state index contributed by atoms with van der Waals surface area (Å²) in [6.45, 7) is 4.58. The number of Topliss-reactive ketones (excluding diaryl/α,β-unsaturated/α-hetero) is 2. The van der Waals surface area contributed by atoms with Gasteiger partial charge in [-0.3, -0.25) is 9.59 Å². The molecule has 0 saturated heterocycles. The minimum Gasteiger partial charge on any atom is -0.310 e. The summed E-state index contributed by atoms with van der Waals surface area (Å²) in [4.78, 5) is 28.9. The van der Waals surface area contributed by atoms with Crippen LogP contribution in [0, 0.1) is 0 Å². The molecule has 0 spiro atoms. The third kappa shape index (κ3) is 3.83. The molecule has 1 heterocycles. The lowest BCUT2D eigenvalue weighted by Gasteiger charge is -2.43. The number of hydrogen-bond acceptors (Lipinski definition) is 3. The summed E-state index contributed by atoms with van der Waals surface area (Å²) < 4.78 is 0. The first-order valence-corrected chi connectivity index (χ1v) is 15.2. The molecule has 0 fully saturated rings. The van der Waals surface area contributed by atoms with Crippen LogP contribution in [0.3, 0.4) is 0 Å². The minimum absolute atomic E-state index is 0.0729. The average Bonchev–Trinajstić information content (AvgIpc) is 3.28. The number of hydrogen-bond donors (Lipinski definition) is 0. The van der Waals surface area contributed by atoms with Crippen molar-refractivity contribution in [3.05, 3.63) is 153 Å². The Hall–Kier alpha value is -4.70. The largest absolute Gasteiger partial charge is 0.310 e. The van der Waals surface area contributed by atoms with Gasteiger partial charge in [0.1, 0.15) is 0 Å². The maximum absolute atomic E-state index is 13.3. The maximum Gasteiger partial charge on any atom is 0.199 e. The molecule has 0 aromatic heterocycles. The molecule has 212 valence electrons. The van der Waals surface area contributed by atoms with E-state index >= 15 is 0 Å². The van der Waals surface area contributed by atoms with E-state index in [1.165, 1.54) is 27.6 Å². The lowest BCUT2D eigenvalue weighted by molar-refractivity contribution is 0.0990. The van der Waals surface area contributed by atoms with Gasteiger partial charge in [-0.25, -0.2) is 0 Å². The van der Waals surface area contributed by atoms with Crippen LogP contribution in [-0.2, 0) is 5.41 Å². The molecule has 1 aliphatic heterocycles. The number of fused-ring (bicyclic) bond motifs is 6. The Bertz CT molecular complexity index is 2220. The van der Waals surface area contributed by atoms with Crippen molar-refractivity contribution in [2.45, 2.75) is 19.3 Å². The topological polar surface area (TPSA) is 37.4 Å². The smallest absolute Gasteiger partial charge is 0.199 e. The van der Waals surface area contributed by atoms with Crippen LogP contribution in [0.5, 0.6) is 0 Å². The number of rotatable bonds is 2. The van der Waals surface area contributed by atoms with Gasteiger partial charge in [-0.15, -0.1) is 0 Å². The first-order chi connectivity index (χ1) is 21.2. The monoisotopic (exact) mass is 609 g/mol. The zero-order valence-electron chi connectivity index (χ0n) is 24.0. The van der Waals surface area contributed by atoms with E-state index in [1.54, 1.807) is 18.2 Å². The van der Waals surface area contributed by atoms with E-state index in [0.717, 1.165) is 27.7 Å². The van der Waals surface area contributed by atoms with Crippen molar-refractivity contribution < 1.29 is 9.59 Å². The minimum atomic E-state index is -0.397. The van der Waals surface area contributed by atoms with E-state index < -0.39 is 11.6 Å². The second-order valence-electron chi connectivity index (χ2n) is 11.9. The summed E-state index contributed by atoms with van der Waals surface area (Å²) in [5.74, 6) is -0.794. The third-order valence-corrected chi connectivity index (χ3v) is 9.67. The van der Waals surface area contributed by atoms with E-state index in [9.17, 15) is 9.59 Å². The molecule has 0 N–H and O–H groups in total. The van der Waals surface area contributed by atoms with Crippen LogP contribution in [0.1, 0.15) is 51.3 Å². The molecule has 0 saturated carbocycles. The van der Waals surface area contributed by atoms with E-state index in [2.05, 4.69) is 97.6 Å². The predicted molar refractivity (Wildman–Crippen MR) is 181 cm³/mol. The van der Waals surface area contributed by atoms with Crippen molar-refractivity contribution in [1.82, 2.24) is 0 Å². The molecule has 0 bridgehead atoms. The zero-order chi connectivity index (χ0) is 30.3. The zero-order valence-corrected chi connectivity index (χ0v) is 25.5. The van der Waals surface area contributed by atoms with E-state index in [-0.39, 0.29) is 32.2 Å². The molecule has 5 heteroatoms. The number of carbonyl (C=O) groups excluding carboxylic acids is 2. The van der Waals surface area contributed by atoms with Crippen LogP contribution >= 0.6 is 23.2 Å². The fourth-order valence-electron chi connectivity index (χ4n) is 6.97. The fraction of sp³-hybridized carbons (Fsp3) is 0.0769. The first-order valence-electron chi connectivity index (χ1n) is 14.5. The Labute approximate surface area is 265 Å². The summed E-state index contributed by atoms with van der Waals surface area (Å²) in [6, 6.07) is 37.1. The van der Waals surface area contributed by atoms with Gasteiger partial charge in [-0.1, -0.05) is 97.7 Å². The Balaban J connectivity index is 1.32. The van der Waals surface area contributed by atoms with Gasteiger partial charge in [-0.05, 0) is 92.8 Å². The predicted octanol–water partition coefficient (Wildman–Crippen LogP) is 10.9. The number of anilines is 3.